The lowest BCUT2D eigenvalue weighted by Crippen LogP contribution is -2.29. The Hall–Kier alpha value is -7.11. The maximum atomic E-state index is 12.6. The molecule has 16 nitrogen and oxygen atoms in total. The van der Waals surface area contributed by atoms with E-state index in [0.29, 0.717) is 63.6 Å². The van der Waals surface area contributed by atoms with E-state index >= 15 is 0 Å². The van der Waals surface area contributed by atoms with Crippen LogP contribution in [-0.2, 0) is 21.2 Å². The number of methoxy groups -OCH3 is 3. The van der Waals surface area contributed by atoms with Gasteiger partial charge in [0.15, 0.2) is 17.3 Å². The topological polar surface area (TPSA) is 258 Å². The molecular formula is C46H48ClN7O9S. The van der Waals surface area contributed by atoms with Crippen molar-refractivity contribution in [3.05, 3.63) is 141 Å². The molecule has 0 atom stereocenters. The molecule has 8 rings (SSSR count). The second-order valence-electron chi connectivity index (χ2n) is 14.9. The van der Waals surface area contributed by atoms with Gasteiger partial charge in [0.05, 0.1) is 26.2 Å². The number of ether oxygens (including phenoxy) is 3. The van der Waals surface area contributed by atoms with E-state index in [1.165, 1.54) is 35.9 Å². The van der Waals surface area contributed by atoms with Gasteiger partial charge in [-0.15, -0.1) is 0 Å². The Morgan fingerprint density at radius 1 is 0.812 bits per heavy atom. The smallest absolute Gasteiger partial charge is 0.263 e. The maximum absolute atomic E-state index is 12.6. The summed E-state index contributed by atoms with van der Waals surface area (Å²) in [5, 5.41) is 14.9. The number of Topliss-reactive ketones (excluding diaryl/α,β-unsaturated/α-hetero) is 2. The van der Waals surface area contributed by atoms with Gasteiger partial charge in [-0.05, 0) is 104 Å². The predicted octanol–water partition coefficient (Wildman–Crippen LogP) is 7.97. The number of anilines is 4. The molecule has 0 spiro atoms. The highest BCUT2D eigenvalue weighted by molar-refractivity contribution is 7.92. The molecule has 1 saturated carbocycles. The molecule has 0 aliphatic heterocycles. The van der Waals surface area contributed by atoms with Crippen LogP contribution in [0.5, 0.6) is 17.2 Å². The van der Waals surface area contributed by atoms with Gasteiger partial charge in [-0.3, -0.25) is 14.3 Å². The second kappa shape index (κ2) is 20.4. The molecule has 2 heterocycles. The van der Waals surface area contributed by atoms with Gasteiger partial charge in [-0.2, -0.15) is 4.98 Å². The number of ketones is 2. The molecule has 0 saturated heterocycles. The highest BCUT2D eigenvalue weighted by Gasteiger charge is 2.38. The number of sulfonamides is 1. The van der Waals surface area contributed by atoms with Gasteiger partial charge < -0.3 is 41.0 Å². The normalized spacial score (nSPS) is 15.8. The summed E-state index contributed by atoms with van der Waals surface area (Å²) >= 11 is 5.96. The molecule has 334 valence electrons. The minimum absolute atomic E-state index is 0.0138. The number of aryl methyl sites for hydroxylation is 1. The summed E-state index contributed by atoms with van der Waals surface area (Å²) < 4.78 is 46.8. The highest BCUT2D eigenvalue weighted by Crippen LogP contribution is 2.43. The van der Waals surface area contributed by atoms with Gasteiger partial charge in [-0.25, -0.2) is 13.4 Å². The minimum Gasteiger partial charge on any atom is -0.507 e. The van der Waals surface area contributed by atoms with E-state index in [1.54, 1.807) is 58.7 Å². The summed E-state index contributed by atoms with van der Waals surface area (Å²) in [5.41, 5.74) is 21.4. The van der Waals surface area contributed by atoms with Crippen LogP contribution in [0.4, 0.5) is 23.3 Å². The van der Waals surface area contributed by atoms with Gasteiger partial charge in [0.1, 0.15) is 17.3 Å². The van der Waals surface area contributed by atoms with Crippen molar-refractivity contribution in [1.29, 1.82) is 0 Å². The molecule has 0 bridgehead atoms. The molecule has 2 aromatic heterocycles. The highest BCUT2D eigenvalue weighted by atomic mass is 35.5. The van der Waals surface area contributed by atoms with Crippen molar-refractivity contribution in [2.75, 3.05) is 43.3 Å². The minimum atomic E-state index is -3.64. The Labute approximate surface area is 375 Å². The van der Waals surface area contributed by atoms with Crippen molar-refractivity contribution >= 4 is 62.2 Å². The van der Waals surface area contributed by atoms with Crippen LogP contribution in [0.1, 0.15) is 70.0 Å². The lowest BCUT2D eigenvalue weighted by Gasteiger charge is -2.31. The van der Waals surface area contributed by atoms with Gasteiger partial charge >= 0.3 is 0 Å². The summed E-state index contributed by atoms with van der Waals surface area (Å²) in [5.74, 6) is 2.20. The molecule has 8 N–H and O–H groups in total. The maximum Gasteiger partial charge on any atom is 0.263 e. The van der Waals surface area contributed by atoms with Crippen molar-refractivity contribution < 1.29 is 41.8 Å². The molecule has 0 amide bonds. The van der Waals surface area contributed by atoms with E-state index < -0.39 is 21.6 Å². The van der Waals surface area contributed by atoms with Crippen LogP contribution in [0.3, 0.4) is 0 Å². The van der Waals surface area contributed by atoms with Crippen LogP contribution in [0.2, 0.25) is 5.02 Å². The molecule has 4 aromatic carbocycles. The van der Waals surface area contributed by atoms with E-state index in [1.807, 2.05) is 24.3 Å². The Bertz CT molecular complexity index is 2750. The van der Waals surface area contributed by atoms with Crippen LogP contribution in [0.15, 0.2) is 112 Å². The number of nitrogens with one attached hydrogen (secondary N) is 1. The molecule has 64 heavy (non-hydrogen) atoms. The molecular weight excluding hydrogens is 862 g/mol. The number of nitrogens with two attached hydrogens (primary N) is 3. The first kappa shape index (κ1) is 46.4. The Morgan fingerprint density at radius 2 is 1.42 bits per heavy atom. The lowest BCUT2D eigenvalue weighted by atomic mass is 9.72. The number of aliphatic hydroxyl groups excluding tert-OH is 1. The third-order valence-corrected chi connectivity index (χ3v) is 12.3. The number of fused-ring (bicyclic) bond motifs is 1. The fourth-order valence-electron chi connectivity index (χ4n) is 7.50. The van der Waals surface area contributed by atoms with Crippen molar-refractivity contribution in [1.82, 2.24) is 15.1 Å². The fraction of sp³-hybridized carbons (Fsp3) is 0.239. The number of benzene rings is 4. The molecule has 0 radical (unpaired) electrons. The summed E-state index contributed by atoms with van der Waals surface area (Å²) in [7, 11) is 1.06. The standard InChI is InChI=1S/C22H19ClO3.C14H18N4O3.C10H11N3O3S/c23-16-11-9-14(10-12-16)13-5-7-15(8-6-13)19-20(24)17-3-1-2-4-18(17)21(25)22(19)26;1-19-10-5-8(6-11(20-2)12(10)21-3)4-9-7-17-14(16)18-13(9)15;1-7-6-10(12-16-7)13-17(14,15)9-4-2-8(11)3-5-9/h1-4,9-13,15,24H,5-8H2;5-7H,4H2,1-3H3,(H4,15,16,17,18);2-6H,11H2,1H3,(H,12,13). The SMILES string of the molecule is COc1cc(Cc2cnc(N)nc2N)cc(OC)c1OC.Cc1cc(NS(=O)(=O)c2ccc(N)cc2)no1.O=C1C(=O)c2ccccc2C(O)=C1C1CCC(c2ccc(Cl)cc2)CC1. The third kappa shape index (κ3) is 10.9. The average molecular weight is 910 g/mol. The molecule has 6 aromatic rings. The zero-order valence-corrected chi connectivity index (χ0v) is 37.1. The van der Waals surface area contributed by atoms with Crippen LogP contribution in [0, 0.1) is 12.8 Å². The summed E-state index contributed by atoms with van der Waals surface area (Å²) in [6.45, 7) is 1.67. The zero-order chi connectivity index (χ0) is 46.1. The van der Waals surface area contributed by atoms with E-state index in [2.05, 4.69) is 32.0 Å². The average Bonchev–Trinajstić information content (AvgIpc) is 3.70. The summed E-state index contributed by atoms with van der Waals surface area (Å²) in [6.07, 6.45) is 5.56. The fourth-order valence-corrected chi connectivity index (χ4v) is 8.61. The van der Waals surface area contributed by atoms with Crippen molar-refractivity contribution in [3.8, 4) is 17.2 Å². The number of hydrogen-bond acceptors (Lipinski definition) is 15. The Morgan fingerprint density at radius 3 is 1.98 bits per heavy atom. The van der Waals surface area contributed by atoms with E-state index in [-0.39, 0.29) is 28.3 Å². The number of aliphatic hydroxyl groups is 1. The quantitative estimate of drug-likeness (QED) is 0.0645. The largest absolute Gasteiger partial charge is 0.507 e. The number of hydrogen-bond donors (Lipinski definition) is 5. The van der Waals surface area contributed by atoms with Crippen molar-refractivity contribution in [2.24, 2.45) is 5.92 Å². The number of halogens is 1. The number of carbonyl (C=O) groups excluding carboxylic acids is 2. The van der Waals surface area contributed by atoms with Crippen LogP contribution >= 0.6 is 11.6 Å². The zero-order valence-electron chi connectivity index (χ0n) is 35.5. The van der Waals surface area contributed by atoms with Crippen LogP contribution in [0.25, 0.3) is 5.76 Å². The van der Waals surface area contributed by atoms with Crippen LogP contribution < -0.4 is 36.1 Å². The van der Waals surface area contributed by atoms with Gasteiger partial charge in [0, 0.05) is 51.7 Å². The first-order chi connectivity index (χ1) is 30.6. The van der Waals surface area contributed by atoms with Gasteiger partial charge in [0.25, 0.3) is 10.0 Å². The van der Waals surface area contributed by atoms with Crippen LogP contribution in [-0.4, -0.2) is 61.5 Å². The molecule has 2 aliphatic carbocycles. The Balaban J connectivity index is 0.000000163. The monoisotopic (exact) mass is 909 g/mol. The van der Waals surface area contributed by atoms with Crippen molar-refractivity contribution in [2.45, 2.75) is 49.8 Å². The lowest BCUT2D eigenvalue weighted by molar-refractivity contribution is -0.112. The first-order valence-electron chi connectivity index (χ1n) is 20.0. The number of aromatic nitrogens is 3. The van der Waals surface area contributed by atoms with Crippen molar-refractivity contribution in [3.63, 3.8) is 0 Å². The number of rotatable bonds is 10. The van der Waals surface area contributed by atoms with Gasteiger partial charge in [-0.1, -0.05) is 53.2 Å². The number of nitrogen functional groups attached to an aromatic ring is 3. The van der Waals surface area contributed by atoms with E-state index in [0.717, 1.165) is 41.8 Å². The number of carbonyl (C=O) groups is 2. The van der Waals surface area contributed by atoms with E-state index in [9.17, 15) is 23.1 Å². The van der Waals surface area contributed by atoms with Gasteiger partial charge in [0.2, 0.25) is 23.3 Å². The molecule has 18 heteroatoms. The molecule has 0 unspecified atom stereocenters. The summed E-state index contributed by atoms with van der Waals surface area (Å²) in [4.78, 5) is 33.0. The molecule has 2 aliphatic rings. The summed E-state index contributed by atoms with van der Waals surface area (Å²) in [6, 6.07) is 25.8. The first-order valence-corrected chi connectivity index (χ1v) is 21.8. The Kier molecular flexibility index (Phi) is 14.8. The second-order valence-corrected chi connectivity index (χ2v) is 17.0. The molecule has 1 fully saturated rings. The third-order valence-electron chi connectivity index (χ3n) is 10.7. The number of nitrogens with zero attached hydrogens (tertiary/aromatic N) is 3. The predicted molar refractivity (Wildman–Crippen MR) is 244 cm³/mol. The number of allylic oxidation sites excluding steroid dienone is 1. The van der Waals surface area contributed by atoms with E-state index in [4.69, 9.17) is 47.5 Å².